The number of hydrogen-bond donors (Lipinski definition) is 1. The van der Waals surface area contributed by atoms with Gasteiger partial charge >= 0.3 is 0 Å². The lowest BCUT2D eigenvalue weighted by atomic mass is 10.1. The van der Waals surface area contributed by atoms with Gasteiger partial charge in [-0.2, -0.15) is 0 Å². The number of carbonyl (C=O) groups is 1. The van der Waals surface area contributed by atoms with E-state index in [0.29, 0.717) is 0 Å². The summed E-state index contributed by atoms with van der Waals surface area (Å²) in [6.07, 6.45) is 0. The van der Waals surface area contributed by atoms with E-state index in [1.54, 1.807) is 0 Å². The van der Waals surface area contributed by atoms with Gasteiger partial charge in [0.05, 0.1) is 0 Å². The Balaban J connectivity index is 1.76. The van der Waals surface area contributed by atoms with Gasteiger partial charge in [-0.1, -0.05) is 38.1 Å². The molecule has 0 atom stereocenters. The second-order valence-corrected chi connectivity index (χ2v) is 5.82. The van der Waals surface area contributed by atoms with Crippen molar-refractivity contribution in [1.82, 2.24) is 0 Å². The summed E-state index contributed by atoms with van der Waals surface area (Å²) in [5, 5.41) is 2.97. The number of amides is 1. The van der Waals surface area contributed by atoms with Crippen molar-refractivity contribution in [3.8, 4) is 0 Å². The van der Waals surface area contributed by atoms with Crippen LogP contribution in [-0.2, 0) is 17.9 Å². The van der Waals surface area contributed by atoms with Gasteiger partial charge in [-0.25, -0.2) is 0 Å². The minimum Gasteiger partial charge on any atom is -0.363 e. The SMILES string of the molecule is CC(C)C(=O)Nc1ccc2c(c1)CN(c1ccccc1)C2. The zero-order chi connectivity index (χ0) is 14.8. The molecule has 3 nitrogen and oxygen atoms in total. The van der Waals surface area contributed by atoms with Crippen LogP contribution in [0.4, 0.5) is 11.4 Å². The molecule has 0 saturated carbocycles. The van der Waals surface area contributed by atoms with Crippen LogP contribution in [0.1, 0.15) is 25.0 Å². The normalized spacial score (nSPS) is 13.4. The van der Waals surface area contributed by atoms with Crippen molar-refractivity contribution in [2.24, 2.45) is 5.92 Å². The van der Waals surface area contributed by atoms with E-state index in [2.05, 4.69) is 46.6 Å². The number of benzene rings is 2. The molecule has 1 aliphatic rings. The average molecular weight is 280 g/mol. The van der Waals surface area contributed by atoms with Crippen molar-refractivity contribution in [2.45, 2.75) is 26.9 Å². The van der Waals surface area contributed by atoms with Crippen LogP contribution in [0, 0.1) is 5.92 Å². The lowest BCUT2D eigenvalue weighted by Gasteiger charge is -2.17. The van der Waals surface area contributed by atoms with Crippen LogP contribution in [0.15, 0.2) is 48.5 Å². The highest BCUT2D eigenvalue weighted by atomic mass is 16.1. The maximum absolute atomic E-state index is 11.8. The second-order valence-electron chi connectivity index (χ2n) is 5.82. The molecule has 1 heterocycles. The minimum atomic E-state index is -0.000859. The highest BCUT2D eigenvalue weighted by Gasteiger charge is 2.19. The van der Waals surface area contributed by atoms with Crippen LogP contribution < -0.4 is 10.2 Å². The van der Waals surface area contributed by atoms with Crippen molar-refractivity contribution in [3.05, 3.63) is 59.7 Å². The number of nitrogens with one attached hydrogen (secondary N) is 1. The summed E-state index contributed by atoms with van der Waals surface area (Å²) < 4.78 is 0. The van der Waals surface area contributed by atoms with Crippen LogP contribution >= 0.6 is 0 Å². The summed E-state index contributed by atoms with van der Waals surface area (Å²) in [6.45, 7) is 5.63. The molecule has 1 amide bonds. The molecule has 0 saturated heterocycles. The predicted molar refractivity (Wildman–Crippen MR) is 86.2 cm³/mol. The van der Waals surface area contributed by atoms with E-state index in [4.69, 9.17) is 0 Å². The molecule has 21 heavy (non-hydrogen) atoms. The molecule has 3 heteroatoms. The van der Waals surface area contributed by atoms with Gasteiger partial charge in [-0.3, -0.25) is 4.79 Å². The largest absolute Gasteiger partial charge is 0.363 e. The first kappa shape index (κ1) is 13.7. The summed E-state index contributed by atoms with van der Waals surface area (Å²) in [6, 6.07) is 16.6. The van der Waals surface area contributed by atoms with Gasteiger partial charge in [0, 0.05) is 30.4 Å². The monoisotopic (exact) mass is 280 g/mol. The Bertz CT molecular complexity index is 650. The highest BCUT2D eigenvalue weighted by Crippen LogP contribution is 2.29. The third-order valence-corrected chi connectivity index (χ3v) is 3.84. The zero-order valence-electron chi connectivity index (χ0n) is 12.5. The Morgan fingerprint density at radius 1 is 1.05 bits per heavy atom. The standard InChI is InChI=1S/C18H20N2O/c1-13(2)18(21)19-16-9-8-14-11-20(12-15(14)10-16)17-6-4-3-5-7-17/h3-10,13H,11-12H2,1-2H3,(H,19,21). The van der Waals surface area contributed by atoms with Crippen molar-refractivity contribution in [1.29, 1.82) is 0 Å². The van der Waals surface area contributed by atoms with Gasteiger partial charge < -0.3 is 10.2 Å². The number of fused-ring (bicyclic) bond motifs is 1. The number of nitrogens with zero attached hydrogens (tertiary/aromatic N) is 1. The summed E-state index contributed by atoms with van der Waals surface area (Å²) in [5.41, 5.74) is 4.76. The lowest BCUT2D eigenvalue weighted by Crippen LogP contribution is -2.17. The topological polar surface area (TPSA) is 32.3 Å². The van der Waals surface area contributed by atoms with Crippen molar-refractivity contribution >= 4 is 17.3 Å². The fourth-order valence-electron chi connectivity index (χ4n) is 2.58. The Morgan fingerprint density at radius 2 is 1.76 bits per heavy atom. The number of carbonyl (C=O) groups excluding carboxylic acids is 1. The molecule has 0 bridgehead atoms. The molecule has 2 aromatic carbocycles. The quantitative estimate of drug-likeness (QED) is 0.927. The first-order valence-corrected chi connectivity index (χ1v) is 7.36. The van der Waals surface area contributed by atoms with Gasteiger partial charge in [0.2, 0.25) is 5.91 Å². The number of hydrogen-bond acceptors (Lipinski definition) is 2. The molecule has 0 unspecified atom stereocenters. The van der Waals surface area contributed by atoms with E-state index in [1.807, 2.05) is 26.0 Å². The average Bonchev–Trinajstić information content (AvgIpc) is 2.91. The molecule has 1 aliphatic heterocycles. The van der Waals surface area contributed by atoms with Crippen molar-refractivity contribution in [2.75, 3.05) is 10.2 Å². The first-order valence-electron chi connectivity index (χ1n) is 7.36. The maximum atomic E-state index is 11.8. The fraction of sp³-hybridized carbons (Fsp3) is 0.278. The fourth-order valence-corrected chi connectivity index (χ4v) is 2.58. The van der Waals surface area contributed by atoms with E-state index < -0.39 is 0 Å². The third kappa shape index (κ3) is 2.92. The van der Waals surface area contributed by atoms with Crippen molar-refractivity contribution < 1.29 is 4.79 Å². The molecule has 3 rings (SSSR count). The predicted octanol–water partition coefficient (Wildman–Crippen LogP) is 3.80. The summed E-state index contributed by atoms with van der Waals surface area (Å²) >= 11 is 0. The van der Waals surface area contributed by atoms with E-state index in [-0.39, 0.29) is 11.8 Å². The molecular formula is C18H20N2O. The van der Waals surface area contributed by atoms with E-state index in [9.17, 15) is 4.79 Å². The van der Waals surface area contributed by atoms with Crippen LogP contribution in [-0.4, -0.2) is 5.91 Å². The van der Waals surface area contributed by atoms with Gasteiger partial charge in [0.1, 0.15) is 0 Å². The summed E-state index contributed by atoms with van der Waals surface area (Å²) in [5.74, 6) is 0.0620. The molecule has 0 fully saturated rings. The molecule has 0 aromatic heterocycles. The zero-order valence-corrected chi connectivity index (χ0v) is 12.5. The molecule has 2 aromatic rings. The van der Waals surface area contributed by atoms with Crippen molar-refractivity contribution in [3.63, 3.8) is 0 Å². The Morgan fingerprint density at radius 3 is 2.48 bits per heavy atom. The van der Waals surface area contributed by atoms with Crippen LogP contribution in [0.25, 0.3) is 0 Å². The first-order chi connectivity index (χ1) is 10.1. The molecule has 1 N–H and O–H groups in total. The molecule has 0 spiro atoms. The minimum absolute atomic E-state index is 0.000859. The number of rotatable bonds is 3. The van der Waals surface area contributed by atoms with Crippen LogP contribution in [0.2, 0.25) is 0 Å². The molecule has 108 valence electrons. The second kappa shape index (κ2) is 5.60. The molecule has 0 radical (unpaired) electrons. The van der Waals surface area contributed by atoms with Crippen LogP contribution in [0.3, 0.4) is 0 Å². The molecular weight excluding hydrogens is 260 g/mol. The van der Waals surface area contributed by atoms with E-state index in [0.717, 1.165) is 18.8 Å². The summed E-state index contributed by atoms with van der Waals surface area (Å²) in [7, 11) is 0. The van der Waals surface area contributed by atoms with E-state index >= 15 is 0 Å². The third-order valence-electron chi connectivity index (χ3n) is 3.84. The lowest BCUT2D eigenvalue weighted by molar-refractivity contribution is -0.118. The number of para-hydroxylation sites is 1. The smallest absolute Gasteiger partial charge is 0.226 e. The van der Waals surface area contributed by atoms with Crippen LogP contribution in [0.5, 0.6) is 0 Å². The Hall–Kier alpha value is -2.29. The van der Waals surface area contributed by atoms with Gasteiger partial charge in [-0.15, -0.1) is 0 Å². The highest BCUT2D eigenvalue weighted by molar-refractivity contribution is 5.92. The Labute approximate surface area is 125 Å². The van der Waals surface area contributed by atoms with Gasteiger partial charge in [0.25, 0.3) is 0 Å². The van der Waals surface area contributed by atoms with Gasteiger partial charge in [0.15, 0.2) is 0 Å². The van der Waals surface area contributed by atoms with Gasteiger partial charge in [-0.05, 0) is 35.4 Å². The maximum Gasteiger partial charge on any atom is 0.226 e. The van der Waals surface area contributed by atoms with E-state index in [1.165, 1.54) is 16.8 Å². The molecule has 0 aliphatic carbocycles. The number of anilines is 2. The summed E-state index contributed by atoms with van der Waals surface area (Å²) in [4.78, 5) is 14.1. The Kier molecular flexibility index (Phi) is 3.65.